The minimum absolute atomic E-state index is 0.261. The molecule has 9 heteroatoms. The number of nitrogens with one attached hydrogen (secondary N) is 1. The Labute approximate surface area is 257 Å². The van der Waals surface area contributed by atoms with Crippen LogP contribution in [0.4, 0.5) is 5.69 Å². The number of unbranched alkanes of at least 4 members (excludes halogenated alkanes) is 1. The first kappa shape index (κ1) is 28.6. The van der Waals surface area contributed by atoms with Crippen molar-refractivity contribution in [1.82, 2.24) is 4.90 Å². The van der Waals surface area contributed by atoms with E-state index in [1.807, 2.05) is 55.5 Å². The molecule has 3 aromatic carbocycles. The molecule has 0 spiro atoms. The molecule has 0 unspecified atom stereocenters. The van der Waals surface area contributed by atoms with Crippen LogP contribution in [0.15, 0.2) is 65.1 Å². The largest absolute Gasteiger partial charge is 0.454 e. The zero-order valence-electron chi connectivity index (χ0n) is 23.2. The minimum Gasteiger partial charge on any atom is -0.454 e. The van der Waals surface area contributed by atoms with Crippen LogP contribution in [0.2, 0.25) is 5.02 Å². The SMILES string of the molecule is CCCC[C@H](C(=O)OCC(=O)Nc1ccc(Br)c(Cl)c1C)N1C(=O)[C@@H]2C3c4ccccc4C(c4ccccc43)[C@@H]2C1=O. The van der Waals surface area contributed by atoms with Crippen molar-refractivity contribution < 1.29 is 23.9 Å². The number of hydrogen-bond donors (Lipinski definition) is 1. The van der Waals surface area contributed by atoms with Crippen LogP contribution in [0, 0.1) is 18.8 Å². The molecule has 42 heavy (non-hydrogen) atoms. The van der Waals surface area contributed by atoms with E-state index >= 15 is 0 Å². The number of rotatable bonds is 8. The minimum atomic E-state index is -1.10. The third-order valence-electron chi connectivity index (χ3n) is 8.86. The van der Waals surface area contributed by atoms with Gasteiger partial charge in [-0.25, -0.2) is 4.79 Å². The number of amides is 3. The summed E-state index contributed by atoms with van der Waals surface area (Å²) in [5.41, 5.74) is 5.43. The molecule has 1 aliphatic heterocycles. The van der Waals surface area contributed by atoms with Gasteiger partial charge >= 0.3 is 5.97 Å². The Morgan fingerprint density at radius 1 is 0.929 bits per heavy atom. The zero-order chi connectivity index (χ0) is 29.7. The quantitative estimate of drug-likeness (QED) is 0.227. The first-order chi connectivity index (χ1) is 20.2. The smallest absolute Gasteiger partial charge is 0.329 e. The second kappa shape index (κ2) is 11.3. The summed E-state index contributed by atoms with van der Waals surface area (Å²) in [7, 11) is 0. The van der Waals surface area contributed by atoms with Gasteiger partial charge in [0.2, 0.25) is 11.8 Å². The molecule has 7 rings (SSSR count). The van der Waals surface area contributed by atoms with Crippen LogP contribution in [0.3, 0.4) is 0 Å². The van der Waals surface area contributed by atoms with Gasteiger partial charge in [-0.05, 0) is 69.2 Å². The maximum atomic E-state index is 14.1. The summed E-state index contributed by atoms with van der Waals surface area (Å²) >= 11 is 9.62. The Bertz CT molecular complexity index is 1510. The molecular formula is C33H30BrClN2O5. The van der Waals surface area contributed by atoms with Gasteiger partial charge in [0.05, 0.1) is 16.9 Å². The van der Waals surface area contributed by atoms with Gasteiger partial charge in [-0.1, -0.05) is 79.9 Å². The van der Waals surface area contributed by atoms with Crippen LogP contribution >= 0.6 is 27.5 Å². The standard InChI is InChI=1S/C33H30BrClN2O5/c1-3-4-13-24(33(41)42-16-25(38)36-23-15-14-22(34)30(35)17(23)2)37-31(39)28-26-18-9-5-6-10-19(18)27(29(28)32(37)40)21-12-8-7-11-20(21)26/h5-12,14-15,24,26-29H,3-4,13,16H2,1-2H3,(H,36,38)/t24-,26?,27?,28-,29+/m1/s1. The summed E-state index contributed by atoms with van der Waals surface area (Å²) in [5.74, 6) is -3.68. The first-order valence-corrected chi connectivity index (χ1v) is 15.4. The number of likely N-dealkylation sites (tertiary alicyclic amines) is 1. The molecule has 0 saturated carbocycles. The van der Waals surface area contributed by atoms with Crippen LogP contribution in [-0.4, -0.2) is 41.2 Å². The summed E-state index contributed by atoms with van der Waals surface area (Å²) < 4.78 is 6.14. The zero-order valence-corrected chi connectivity index (χ0v) is 25.6. The highest BCUT2D eigenvalue weighted by atomic mass is 79.9. The van der Waals surface area contributed by atoms with Crippen molar-refractivity contribution in [3.05, 3.63) is 98.0 Å². The summed E-state index contributed by atoms with van der Waals surface area (Å²) in [6, 6.07) is 18.3. The van der Waals surface area contributed by atoms with Gasteiger partial charge in [0.1, 0.15) is 6.04 Å². The van der Waals surface area contributed by atoms with E-state index in [2.05, 4.69) is 21.2 Å². The van der Waals surface area contributed by atoms with Crippen molar-refractivity contribution >= 4 is 56.9 Å². The molecule has 0 radical (unpaired) electrons. The van der Waals surface area contributed by atoms with E-state index < -0.39 is 36.4 Å². The van der Waals surface area contributed by atoms with E-state index in [1.54, 1.807) is 19.1 Å². The van der Waals surface area contributed by atoms with Crippen molar-refractivity contribution in [3.8, 4) is 0 Å². The second-order valence-electron chi connectivity index (χ2n) is 11.2. The molecule has 3 aromatic rings. The Morgan fingerprint density at radius 2 is 1.45 bits per heavy atom. The topological polar surface area (TPSA) is 92.8 Å². The lowest BCUT2D eigenvalue weighted by atomic mass is 9.55. The van der Waals surface area contributed by atoms with Gasteiger partial charge in [0, 0.05) is 22.0 Å². The Hall–Kier alpha value is -3.49. The number of carbonyl (C=O) groups is 4. The van der Waals surface area contributed by atoms with Crippen molar-refractivity contribution in [3.63, 3.8) is 0 Å². The van der Waals surface area contributed by atoms with Crippen LogP contribution in [0.5, 0.6) is 0 Å². The highest BCUT2D eigenvalue weighted by molar-refractivity contribution is 9.10. The lowest BCUT2D eigenvalue weighted by molar-refractivity contribution is -0.160. The molecule has 3 atom stereocenters. The fourth-order valence-electron chi connectivity index (χ4n) is 6.96. The average molecular weight is 650 g/mol. The van der Waals surface area contributed by atoms with Gasteiger partial charge in [0.15, 0.2) is 6.61 Å². The van der Waals surface area contributed by atoms with Gasteiger partial charge in [-0.2, -0.15) is 0 Å². The molecule has 3 amide bonds. The maximum Gasteiger partial charge on any atom is 0.329 e. The number of hydrogen-bond acceptors (Lipinski definition) is 5. The molecule has 0 aromatic heterocycles. The summed E-state index contributed by atoms with van der Waals surface area (Å²) in [5, 5.41) is 3.18. The van der Waals surface area contributed by atoms with Crippen molar-refractivity contribution in [1.29, 1.82) is 0 Å². The summed E-state index contributed by atoms with van der Waals surface area (Å²) in [6.07, 6.45) is 1.64. The molecule has 1 fully saturated rings. The predicted molar refractivity (Wildman–Crippen MR) is 162 cm³/mol. The molecule has 3 aliphatic carbocycles. The molecule has 1 saturated heterocycles. The lowest BCUT2D eigenvalue weighted by Crippen LogP contribution is -2.47. The summed E-state index contributed by atoms with van der Waals surface area (Å²) in [6.45, 7) is 3.19. The Morgan fingerprint density at radius 3 is 1.95 bits per heavy atom. The van der Waals surface area contributed by atoms with Crippen molar-refractivity contribution in [2.24, 2.45) is 11.8 Å². The molecule has 216 valence electrons. The van der Waals surface area contributed by atoms with E-state index in [0.717, 1.165) is 33.6 Å². The highest BCUT2D eigenvalue weighted by Gasteiger charge is 2.63. The lowest BCUT2D eigenvalue weighted by Gasteiger charge is -2.45. The van der Waals surface area contributed by atoms with E-state index in [9.17, 15) is 19.2 Å². The maximum absolute atomic E-state index is 14.1. The number of ether oxygens (including phenoxy) is 1. The second-order valence-corrected chi connectivity index (χ2v) is 12.4. The number of esters is 1. The Kier molecular flexibility index (Phi) is 7.70. The number of imide groups is 1. The van der Waals surface area contributed by atoms with Crippen molar-refractivity contribution in [2.75, 3.05) is 11.9 Å². The molecule has 7 nitrogen and oxygen atoms in total. The van der Waals surface area contributed by atoms with E-state index in [4.69, 9.17) is 16.3 Å². The predicted octanol–water partition coefficient (Wildman–Crippen LogP) is 6.34. The fraction of sp³-hybridized carbons (Fsp3) is 0.333. The summed E-state index contributed by atoms with van der Waals surface area (Å²) in [4.78, 5) is 55.7. The van der Waals surface area contributed by atoms with Crippen LogP contribution in [0.1, 0.15) is 65.8 Å². The normalized spacial score (nSPS) is 22.3. The number of carbonyl (C=O) groups excluding carboxylic acids is 4. The number of halogens is 2. The number of benzene rings is 3. The fourth-order valence-corrected chi connectivity index (χ4v) is 7.56. The van der Waals surface area contributed by atoms with E-state index in [0.29, 0.717) is 27.2 Å². The van der Waals surface area contributed by atoms with E-state index in [-0.39, 0.29) is 30.1 Å². The van der Waals surface area contributed by atoms with Crippen molar-refractivity contribution in [2.45, 2.75) is 51.0 Å². The van der Waals surface area contributed by atoms with Crippen LogP contribution < -0.4 is 5.32 Å². The van der Waals surface area contributed by atoms with Gasteiger partial charge < -0.3 is 10.1 Å². The number of anilines is 1. The Balaban J connectivity index is 1.25. The first-order valence-electron chi connectivity index (χ1n) is 14.2. The molecule has 2 bridgehead atoms. The van der Waals surface area contributed by atoms with Crippen LogP contribution in [0.25, 0.3) is 0 Å². The van der Waals surface area contributed by atoms with Gasteiger partial charge in [-0.15, -0.1) is 0 Å². The third-order valence-corrected chi connectivity index (χ3v) is 10.2. The third kappa shape index (κ3) is 4.56. The molecular weight excluding hydrogens is 620 g/mol. The molecule has 4 aliphatic rings. The molecule has 1 N–H and O–H groups in total. The number of nitrogens with zero attached hydrogens (tertiary/aromatic N) is 1. The van der Waals surface area contributed by atoms with Gasteiger partial charge in [0.25, 0.3) is 5.91 Å². The van der Waals surface area contributed by atoms with Crippen LogP contribution in [-0.2, 0) is 23.9 Å². The van der Waals surface area contributed by atoms with Gasteiger partial charge in [-0.3, -0.25) is 19.3 Å². The highest BCUT2D eigenvalue weighted by Crippen LogP contribution is 2.61. The van der Waals surface area contributed by atoms with E-state index in [1.165, 1.54) is 0 Å². The average Bonchev–Trinajstić information content (AvgIpc) is 3.26. The monoisotopic (exact) mass is 648 g/mol. The molecule has 1 heterocycles.